The highest BCUT2D eigenvalue weighted by Crippen LogP contribution is 2.23. The van der Waals surface area contributed by atoms with Gasteiger partial charge < -0.3 is 4.74 Å². The lowest BCUT2D eigenvalue weighted by molar-refractivity contribution is 0.0979. The van der Waals surface area contributed by atoms with Crippen molar-refractivity contribution < 1.29 is 13.9 Å². The summed E-state index contributed by atoms with van der Waals surface area (Å²) >= 11 is 0. The molecule has 0 aromatic heterocycles. The van der Waals surface area contributed by atoms with Gasteiger partial charge in [0, 0.05) is 5.56 Å². The second-order valence-electron chi connectivity index (χ2n) is 4.21. The second-order valence-corrected chi connectivity index (χ2v) is 4.21. The molecule has 0 aliphatic heterocycles. The van der Waals surface area contributed by atoms with E-state index in [1.54, 1.807) is 31.4 Å². The van der Waals surface area contributed by atoms with Crippen LogP contribution in [-0.4, -0.2) is 12.9 Å². The van der Waals surface area contributed by atoms with Crippen molar-refractivity contribution in [3.05, 3.63) is 65.5 Å². The summed E-state index contributed by atoms with van der Waals surface area (Å²) in [6.07, 6.45) is 0. The third kappa shape index (κ3) is 2.83. The third-order valence-electron chi connectivity index (χ3n) is 2.97. The van der Waals surface area contributed by atoms with Crippen LogP contribution in [0.25, 0.3) is 0 Å². The van der Waals surface area contributed by atoms with E-state index in [0.717, 1.165) is 0 Å². The highest BCUT2D eigenvalue weighted by atomic mass is 19.1. The van der Waals surface area contributed by atoms with Crippen LogP contribution in [0, 0.1) is 17.1 Å². The lowest BCUT2D eigenvalue weighted by atomic mass is 9.92. The summed E-state index contributed by atoms with van der Waals surface area (Å²) < 4.78 is 17.9. The molecule has 0 spiro atoms. The summed E-state index contributed by atoms with van der Waals surface area (Å²) in [7, 11) is 1.54. The molecule has 0 aliphatic rings. The molecule has 4 heteroatoms. The number of nitriles is 1. The first kappa shape index (κ1) is 13.8. The Morgan fingerprint density at radius 2 is 1.75 bits per heavy atom. The maximum Gasteiger partial charge on any atom is 0.184 e. The standard InChI is InChI=1S/C16H12FNO2/c1-20-14-8-4-11(5-9-14)15(10-18)16(19)12-2-6-13(17)7-3-12/h2-9,15H,1H3. The van der Waals surface area contributed by atoms with Gasteiger partial charge in [-0.05, 0) is 42.0 Å². The molecule has 2 rings (SSSR count). The van der Waals surface area contributed by atoms with Gasteiger partial charge in [-0.3, -0.25) is 4.79 Å². The first-order chi connectivity index (χ1) is 9.65. The van der Waals surface area contributed by atoms with E-state index in [2.05, 4.69) is 0 Å². The Labute approximate surface area is 116 Å². The predicted octanol–water partition coefficient (Wildman–Crippen LogP) is 3.32. The molecule has 20 heavy (non-hydrogen) atoms. The average molecular weight is 269 g/mol. The Morgan fingerprint density at radius 1 is 1.15 bits per heavy atom. The van der Waals surface area contributed by atoms with Crippen LogP contribution < -0.4 is 4.74 Å². The van der Waals surface area contributed by atoms with E-state index in [1.165, 1.54) is 24.3 Å². The van der Waals surface area contributed by atoms with E-state index in [9.17, 15) is 14.4 Å². The number of ketones is 1. The number of nitrogens with zero attached hydrogens (tertiary/aromatic N) is 1. The summed E-state index contributed by atoms with van der Waals surface area (Å²) in [6, 6.07) is 13.9. The minimum absolute atomic E-state index is 0.314. The molecule has 2 aromatic rings. The Kier molecular flexibility index (Phi) is 4.11. The van der Waals surface area contributed by atoms with Crippen molar-refractivity contribution in [2.24, 2.45) is 0 Å². The molecular weight excluding hydrogens is 257 g/mol. The van der Waals surface area contributed by atoms with E-state index in [-0.39, 0.29) is 5.78 Å². The number of hydrogen-bond acceptors (Lipinski definition) is 3. The normalized spacial score (nSPS) is 11.4. The summed E-state index contributed by atoms with van der Waals surface area (Å²) in [5.74, 6) is -1.02. The van der Waals surface area contributed by atoms with Gasteiger partial charge in [-0.1, -0.05) is 12.1 Å². The zero-order valence-corrected chi connectivity index (χ0v) is 10.8. The molecule has 3 nitrogen and oxygen atoms in total. The largest absolute Gasteiger partial charge is 0.497 e. The van der Waals surface area contributed by atoms with Crippen LogP contribution in [0.3, 0.4) is 0 Å². The Bertz CT molecular complexity index is 642. The first-order valence-corrected chi connectivity index (χ1v) is 5.99. The number of halogens is 1. The molecule has 1 atom stereocenters. The number of ether oxygens (including phenoxy) is 1. The molecule has 0 saturated heterocycles. The van der Waals surface area contributed by atoms with E-state index in [0.29, 0.717) is 16.9 Å². The summed E-state index contributed by atoms with van der Waals surface area (Å²) in [6.45, 7) is 0. The molecule has 0 radical (unpaired) electrons. The summed E-state index contributed by atoms with van der Waals surface area (Å²) in [5, 5.41) is 9.22. The van der Waals surface area contributed by atoms with Gasteiger partial charge in [0.05, 0.1) is 13.2 Å². The highest BCUT2D eigenvalue weighted by molar-refractivity contribution is 6.02. The monoisotopic (exact) mass is 269 g/mol. The molecule has 0 aliphatic carbocycles. The quantitative estimate of drug-likeness (QED) is 0.800. The maximum atomic E-state index is 12.8. The van der Waals surface area contributed by atoms with Crippen molar-refractivity contribution in [2.75, 3.05) is 7.11 Å². The predicted molar refractivity (Wildman–Crippen MR) is 72.1 cm³/mol. The van der Waals surface area contributed by atoms with Gasteiger partial charge in [0.25, 0.3) is 0 Å². The van der Waals surface area contributed by atoms with Crippen LogP contribution in [-0.2, 0) is 0 Å². The fraction of sp³-hybridized carbons (Fsp3) is 0.125. The van der Waals surface area contributed by atoms with Gasteiger partial charge >= 0.3 is 0 Å². The van der Waals surface area contributed by atoms with E-state index in [1.807, 2.05) is 6.07 Å². The second kappa shape index (κ2) is 5.98. The van der Waals surface area contributed by atoms with Crippen LogP contribution in [0.1, 0.15) is 21.8 Å². The number of hydrogen-bond donors (Lipinski definition) is 0. The number of carbonyl (C=O) groups is 1. The van der Waals surface area contributed by atoms with Gasteiger partial charge in [0.2, 0.25) is 0 Å². The van der Waals surface area contributed by atoms with Crippen LogP contribution >= 0.6 is 0 Å². The smallest absolute Gasteiger partial charge is 0.184 e. The summed E-state index contributed by atoms with van der Waals surface area (Å²) in [4.78, 5) is 12.3. The number of benzene rings is 2. The molecule has 2 aromatic carbocycles. The van der Waals surface area contributed by atoms with Gasteiger partial charge in [-0.15, -0.1) is 0 Å². The Morgan fingerprint density at radius 3 is 2.25 bits per heavy atom. The van der Waals surface area contributed by atoms with Crippen molar-refractivity contribution in [2.45, 2.75) is 5.92 Å². The summed E-state index contributed by atoms with van der Waals surface area (Å²) in [5.41, 5.74) is 0.899. The molecule has 0 fully saturated rings. The number of methoxy groups -OCH3 is 1. The van der Waals surface area contributed by atoms with Crippen molar-refractivity contribution in [3.63, 3.8) is 0 Å². The van der Waals surface area contributed by atoms with E-state index < -0.39 is 11.7 Å². The number of rotatable bonds is 4. The maximum absolute atomic E-state index is 12.8. The Hall–Kier alpha value is -2.67. The van der Waals surface area contributed by atoms with Crippen LogP contribution in [0.15, 0.2) is 48.5 Å². The van der Waals surface area contributed by atoms with Gasteiger partial charge in [-0.2, -0.15) is 5.26 Å². The van der Waals surface area contributed by atoms with Crippen LogP contribution in [0.2, 0.25) is 0 Å². The number of carbonyl (C=O) groups excluding carboxylic acids is 1. The van der Waals surface area contributed by atoms with Crippen LogP contribution in [0.4, 0.5) is 4.39 Å². The molecule has 0 saturated carbocycles. The van der Waals surface area contributed by atoms with Gasteiger partial charge in [-0.25, -0.2) is 4.39 Å². The molecule has 0 amide bonds. The van der Waals surface area contributed by atoms with Crippen molar-refractivity contribution in [3.8, 4) is 11.8 Å². The van der Waals surface area contributed by atoms with Crippen LogP contribution in [0.5, 0.6) is 5.75 Å². The van der Waals surface area contributed by atoms with Crippen molar-refractivity contribution >= 4 is 5.78 Å². The lowest BCUT2D eigenvalue weighted by Crippen LogP contribution is -2.11. The van der Waals surface area contributed by atoms with Crippen molar-refractivity contribution in [1.29, 1.82) is 5.26 Å². The van der Waals surface area contributed by atoms with Gasteiger partial charge in [0.1, 0.15) is 17.5 Å². The third-order valence-corrected chi connectivity index (χ3v) is 2.97. The molecule has 100 valence electrons. The highest BCUT2D eigenvalue weighted by Gasteiger charge is 2.21. The number of Topliss-reactive ketones (excluding diaryl/α,β-unsaturated/α-hetero) is 1. The van der Waals surface area contributed by atoms with Gasteiger partial charge in [0.15, 0.2) is 5.78 Å². The molecule has 1 unspecified atom stereocenters. The molecular formula is C16H12FNO2. The minimum atomic E-state index is -0.911. The molecule has 0 bridgehead atoms. The molecule has 0 N–H and O–H groups in total. The fourth-order valence-electron chi connectivity index (χ4n) is 1.86. The molecule has 0 heterocycles. The topological polar surface area (TPSA) is 50.1 Å². The van der Waals surface area contributed by atoms with E-state index in [4.69, 9.17) is 4.74 Å². The zero-order chi connectivity index (χ0) is 14.5. The lowest BCUT2D eigenvalue weighted by Gasteiger charge is -2.09. The van der Waals surface area contributed by atoms with E-state index >= 15 is 0 Å². The Balaban J connectivity index is 2.29. The first-order valence-electron chi connectivity index (χ1n) is 5.99. The van der Waals surface area contributed by atoms with Crippen molar-refractivity contribution in [1.82, 2.24) is 0 Å². The zero-order valence-electron chi connectivity index (χ0n) is 10.8. The fourth-order valence-corrected chi connectivity index (χ4v) is 1.86. The average Bonchev–Trinajstić information content (AvgIpc) is 2.49. The minimum Gasteiger partial charge on any atom is -0.497 e. The SMILES string of the molecule is COc1ccc(C(C#N)C(=O)c2ccc(F)cc2)cc1.